The van der Waals surface area contributed by atoms with Gasteiger partial charge in [0.25, 0.3) is 5.91 Å². The number of pyridine rings is 1. The fraction of sp³-hybridized carbons (Fsp3) is 0.480. The highest BCUT2D eigenvalue weighted by Crippen LogP contribution is 2.29. The molecule has 2 fully saturated rings. The largest absolute Gasteiger partial charge is 0.371 e. The van der Waals surface area contributed by atoms with E-state index < -0.39 is 0 Å². The van der Waals surface area contributed by atoms with E-state index in [1.165, 1.54) is 12.8 Å². The number of aromatic nitrogens is 1. The quantitative estimate of drug-likeness (QED) is 0.721. The minimum atomic E-state index is -0.127. The molecule has 0 spiro atoms. The van der Waals surface area contributed by atoms with Crippen molar-refractivity contribution in [1.82, 2.24) is 10.3 Å². The summed E-state index contributed by atoms with van der Waals surface area (Å²) < 4.78 is 0. The maximum atomic E-state index is 13.2. The highest BCUT2D eigenvalue weighted by Gasteiger charge is 2.23. The van der Waals surface area contributed by atoms with Crippen LogP contribution in [0, 0.1) is 5.92 Å². The van der Waals surface area contributed by atoms with Gasteiger partial charge in [-0.2, -0.15) is 0 Å². The zero-order chi connectivity index (χ0) is 21.5. The standard InChI is InChI=1S/C25H32N4O2/c30-24(20-9-3-1-4-10-20)28-21-11-12-23(29-14-5-2-6-15-29)22(16-21)25(31)27-18-19-8-7-13-26-17-19/h7-8,11-13,16-17,20H,1-6,9-10,14-15,18H2,(H,27,31)(H,28,30). The fourth-order valence-electron chi connectivity index (χ4n) is 4.60. The van der Waals surface area contributed by atoms with E-state index in [-0.39, 0.29) is 17.7 Å². The number of nitrogens with zero attached hydrogens (tertiary/aromatic N) is 2. The van der Waals surface area contributed by atoms with E-state index in [0.29, 0.717) is 17.8 Å². The topological polar surface area (TPSA) is 74.3 Å². The second kappa shape index (κ2) is 10.4. The van der Waals surface area contributed by atoms with E-state index in [2.05, 4.69) is 20.5 Å². The molecule has 31 heavy (non-hydrogen) atoms. The average molecular weight is 421 g/mol. The van der Waals surface area contributed by atoms with Crippen LogP contribution in [0.3, 0.4) is 0 Å². The molecule has 2 aromatic rings. The summed E-state index contributed by atoms with van der Waals surface area (Å²) in [5, 5.41) is 6.08. The monoisotopic (exact) mass is 420 g/mol. The Morgan fingerprint density at radius 3 is 2.52 bits per heavy atom. The molecule has 164 valence electrons. The molecule has 6 nitrogen and oxygen atoms in total. The lowest BCUT2D eigenvalue weighted by Crippen LogP contribution is -2.33. The maximum Gasteiger partial charge on any atom is 0.253 e. The van der Waals surface area contributed by atoms with Gasteiger partial charge in [0.05, 0.1) is 5.56 Å². The van der Waals surface area contributed by atoms with Gasteiger partial charge in [-0.15, -0.1) is 0 Å². The number of benzene rings is 1. The first-order valence-corrected chi connectivity index (χ1v) is 11.6. The van der Waals surface area contributed by atoms with Crippen molar-refractivity contribution in [2.75, 3.05) is 23.3 Å². The van der Waals surface area contributed by atoms with Crippen LogP contribution in [-0.2, 0) is 11.3 Å². The summed E-state index contributed by atoms with van der Waals surface area (Å²) in [5.74, 6) is 0.0312. The molecule has 4 rings (SSSR count). The molecule has 1 aliphatic carbocycles. The minimum absolute atomic E-state index is 0.0761. The number of hydrogen-bond acceptors (Lipinski definition) is 4. The molecule has 1 saturated carbocycles. The Bertz CT molecular complexity index is 888. The number of rotatable bonds is 6. The van der Waals surface area contributed by atoms with Crippen LogP contribution in [0.4, 0.5) is 11.4 Å². The molecule has 1 aromatic carbocycles. The van der Waals surface area contributed by atoms with Gasteiger partial charge in [-0.1, -0.05) is 25.3 Å². The number of anilines is 2. The third kappa shape index (κ3) is 5.63. The Balaban J connectivity index is 1.52. The summed E-state index contributed by atoms with van der Waals surface area (Å²) in [5.41, 5.74) is 3.21. The van der Waals surface area contributed by atoms with E-state index in [9.17, 15) is 9.59 Å². The number of nitrogens with one attached hydrogen (secondary N) is 2. The number of piperidine rings is 1. The van der Waals surface area contributed by atoms with Crippen LogP contribution in [0.15, 0.2) is 42.7 Å². The van der Waals surface area contributed by atoms with E-state index in [1.807, 2.05) is 30.3 Å². The average Bonchev–Trinajstić information content (AvgIpc) is 2.84. The van der Waals surface area contributed by atoms with Crippen molar-refractivity contribution in [3.8, 4) is 0 Å². The van der Waals surface area contributed by atoms with Gasteiger partial charge in [-0.05, 0) is 61.9 Å². The predicted octanol–water partition coefficient (Wildman–Crippen LogP) is 4.52. The molecule has 2 N–H and O–H groups in total. The zero-order valence-electron chi connectivity index (χ0n) is 18.1. The Hall–Kier alpha value is -2.89. The molecule has 2 aliphatic rings. The van der Waals surface area contributed by atoms with E-state index in [1.54, 1.807) is 12.4 Å². The highest BCUT2D eigenvalue weighted by molar-refractivity contribution is 6.02. The maximum absolute atomic E-state index is 13.2. The lowest BCUT2D eigenvalue weighted by Gasteiger charge is -2.30. The third-order valence-electron chi connectivity index (χ3n) is 6.36. The van der Waals surface area contributed by atoms with Crippen LogP contribution < -0.4 is 15.5 Å². The van der Waals surface area contributed by atoms with Crippen molar-refractivity contribution >= 4 is 23.2 Å². The molecule has 1 saturated heterocycles. The van der Waals surface area contributed by atoms with Gasteiger partial charge in [-0.3, -0.25) is 14.6 Å². The van der Waals surface area contributed by atoms with Crippen molar-refractivity contribution in [2.24, 2.45) is 5.92 Å². The number of amides is 2. The molecule has 2 amide bonds. The summed E-state index contributed by atoms with van der Waals surface area (Å²) in [6.45, 7) is 2.33. The Labute approximate surface area is 184 Å². The van der Waals surface area contributed by atoms with Crippen LogP contribution in [0.2, 0.25) is 0 Å². The molecular formula is C25H32N4O2. The van der Waals surface area contributed by atoms with Gasteiger partial charge in [0.2, 0.25) is 5.91 Å². The first-order chi connectivity index (χ1) is 15.2. The van der Waals surface area contributed by atoms with Gasteiger partial charge >= 0.3 is 0 Å². The number of hydrogen-bond donors (Lipinski definition) is 2. The molecule has 1 aliphatic heterocycles. The Morgan fingerprint density at radius 1 is 1.00 bits per heavy atom. The van der Waals surface area contributed by atoms with Crippen molar-refractivity contribution in [3.63, 3.8) is 0 Å². The molecule has 0 atom stereocenters. The van der Waals surface area contributed by atoms with Gasteiger partial charge in [0.1, 0.15) is 0 Å². The van der Waals surface area contributed by atoms with E-state index >= 15 is 0 Å². The van der Waals surface area contributed by atoms with Gasteiger partial charge in [-0.25, -0.2) is 0 Å². The Morgan fingerprint density at radius 2 is 1.77 bits per heavy atom. The van der Waals surface area contributed by atoms with Crippen molar-refractivity contribution in [2.45, 2.75) is 57.9 Å². The van der Waals surface area contributed by atoms with Crippen LogP contribution in [0.5, 0.6) is 0 Å². The van der Waals surface area contributed by atoms with Crippen molar-refractivity contribution in [3.05, 3.63) is 53.9 Å². The summed E-state index contributed by atoms with van der Waals surface area (Å²) in [6, 6.07) is 9.56. The molecule has 0 bridgehead atoms. The molecule has 1 aromatic heterocycles. The van der Waals surface area contributed by atoms with Gasteiger partial charge in [0.15, 0.2) is 0 Å². The third-order valence-corrected chi connectivity index (χ3v) is 6.36. The molecule has 0 radical (unpaired) electrons. The summed E-state index contributed by atoms with van der Waals surface area (Å²) in [6.07, 6.45) is 12.3. The zero-order valence-corrected chi connectivity index (χ0v) is 18.1. The fourth-order valence-corrected chi connectivity index (χ4v) is 4.60. The van der Waals surface area contributed by atoms with Crippen molar-refractivity contribution < 1.29 is 9.59 Å². The lowest BCUT2D eigenvalue weighted by molar-refractivity contribution is -0.120. The Kier molecular flexibility index (Phi) is 7.18. The van der Waals surface area contributed by atoms with Crippen LogP contribution in [0.1, 0.15) is 67.3 Å². The highest BCUT2D eigenvalue weighted by atomic mass is 16.2. The van der Waals surface area contributed by atoms with Crippen LogP contribution in [-0.4, -0.2) is 29.9 Å². The lowest BCUT2D eigenvalue weighted by atomic mass is 9.88. The van der Waals surface area contributed by atoms with Crippen molar-refractivity contribution in [1.29, 1.82) is 0 Å². The summed E-state index contributed by atoms with van der Waals surface area (Å²) >= 11 is 0. The van der Waals surface area contributed by atoms with Crippen LogP contribution >= 0.6 is 0 Å². The van der Waals surface area contributed by atoms with Crippen LogP contribution in [0.25, 0.3) is 0 Å². The normalized spacial score (nSPS) is 17.2. The SMILES string of the molecule is O=C(NCc1cccnc1)c1cc(NC(=O)C2CCCCC2)ccc1N1CCCCC1. The second-order valence-electron chi connectivity index (χ2n) is 8.65. The minimum Gasteiger partial charge on any atom is -0.371 e. The summed E-state index contributed by atoms with van der Waals surface area (Å²) in [4.78, 5) is 32.3. The first kappa shape index (κ1) is 21.3. The molecule has 0 unspecified atom stereocenters. The predicted molar refractivity (Wildman–Crippen MR) is 123 cm³/mol. The number of carbonyl (C=O) groups excluding carboxylic acids is 2. The van der Waals surface area contributed by atoms with Gasteiger partial charge < -0.3 is 15.5 Å². The first-order valence-electron chi connectivity index (χ1n) is 11.6. The second-order valence-corrected chi connectivity index (χ2v) is 8.65. The molecule has 6 heteroatoms. The van der Waals surface area contributed by atoms with E-state index in [0.717, 1.165) is 62.9 Å². The molecule has 2 heterocycles. The molecular weight excluding hydrogens is 388 g/mol. The smallest absolute Gasteiger partial charge is 0.253 e. The number of carbonyl (C=O) groups is 2. The van der Waals surface area contributed by atoms with E-state index in [4.69, 9.17) is 0 Å². The van der Waals surface area contributed by atoms with Gasteiger partial charge in [0, 0.05) is 49.3 Å². The summed E-state index contributed by atoms with van der Waals surface area (Å²) in [7, 11) is 0.